The quantitative estimate of drug-likeness (QED) is 0.915. The summed E-state index contributed by atoms with van der Waals surface area (Å²) in [4.78, 5) is 18.7. The Bertz CT molecular complexity index is 726. The average Bonchev–Trinajstić information content (AvgIpc) is 2.86. The van der Waals surface area contributed by atoms with Crippen LogP contribution in [0.25, 0.3) is 5.52 Å². The highest BCUT2D eigenvalue weighted by Gasteiger charge is 2.25. The predicted octanol–water partition coefficient (Wildman–Crippen LogP) is 2.53. The molecule has 2 aromatic heterocycles. The van der Waals surface area contributed by atoms with Crippen LogP contribution in [0.2, 0.25) is 0 Å². The molecule has 0 unspecified atom stereocenters. The van der Waals surface area contributed by atoms with Gasteiger partial charge in [0.05, 0.1) is 5.69 Å². The van der Waals surface area contributed by atoms with E-state index in [0.29, 0.717) is 0 Å². The van der Waals surface area contributed by atoms with Crippen LogP contribution in [-0.4, -0.2) is 45.4 Å². The van der Waals surface area contributed by atoms with Crippen LogP contribution in [0, 0.1) is 6.92 Å². The molecule has 7 heteroatoms. The number of ether oxygens (including phenoxy) is 1. The molecular weight excluding hydrogens is 306 g/mol. The summed E-state index contributed by atoms with van der Waals surface area (Å²) in [5.74, 6) is 0.953. The van der Waals surface area contributed by atoms with Crippen LogP contribution in [-0.2, 0) is 4.74 Å². The second kappa shape index (κ2) is 6.30. The van der Waals surface area contributed by atoms with Crippen LogP contribution >= 0.6 is 0 Å². The summed E-state index contributed by atoms with van der Waals surface area (Å²) in [6, 6.07) is 2.19. The second-order valence-corrected chi connectivity index (χ2v) is 7.27. The van der Waals surface area contributed by atoms with Gasteiger partial charge in [-0.1, -0.05) is 0 Å². The van der Waals surface area contributed by atoms with Crippen LogP contribution in [0.3, 0.4) is 0 Å². The summed E-state index contributed by atoms with van der Waals surface area (Å²) < 4.78 is 7.19. The van der Waals surface area contributed by atoms with Gasteiger partial charge in [0, 0.05) is 31.5 Å². The third-order valence-corrected chi connectivity index (χ3v) is 4.01. The fourth-order valence-corrected chi connectivity index (χ4v) is 2.98. The lowest BCUT2D eigenvalue weighted by Gasteiger charge is -2.33. The minimum atomic E-state index is -0.468. The van der Waals surface area contributed by atoms with Gasteiger partial charge in [0.1, 0.15) is 11.1 Å². The maximum absolute atomic E-state index is 11.9. The van der Waals surface area contributed by atoms with Gasteiger partial charge < -0.3 is 15.0 Å². The number of amides is 1. The first-order valence-electron chi connectivity index (χ1n) is 8.37. The Morgan fingerprint density at radius 1 is 1.33 bits per heavy atom. The van der Waals surface area contributed by atoms with Gasteiger partial charge in [0.25, 0.3) is 0 Å². The van der Waals surface area contributed by atoms with E-state index in [1.54, 1.807) is 6.20 Å². The minimum Gasteiger partial charge on any atom is -0.444 e. The number of carbonyl (C=O) groups excluding carboxylic acids is 1. The van der Waals surface area contributed by atoms with Gasteiger partial charge >= 0.3 is 6.09 Å². The number of anilines is 1. The van der Waals surface area contributed by atoms with Crippen molar-refractivity contribution in [2.45, 2.75) is 52.2 Å². The normalized spacial score (nSPS) is 16.4. The molecule has 0 saturated carbocycles. The van der Waals surface area contributed by atoms with Gasteiger partial charge in [0.2, 0.25) is 0 Å². The van der Waals surface area contributed by atoms with Gasteiger partial charge in [-0.2, -0.15) is 5.10 Å². The fraction of sp³-hybridized carbons (Fsp3) is 0.588. The molecule has 1 N–H and O–H groups in total. The molecule has 1 aliphatic rings. The number of hydrogen-bond donors (Lipinski definition) is 1. The fourth-order valence-electron chi connectivity index (χ4n) is 2.98. The Labute approximate surface area is 142 Å². The lowest BCUT2D eigenvalue weighted by atomic mass is 10.1. The number of fused-ring (bicyclic) bond motifs is 1. The predicted molar refractivity (Wildman–Crippen MR) is 92.3 cm³/mol. The molecule has 3 rings (SSSR count). The maximum atomic E-state index is 11.9. The number of piperidine rings is 1. The van der Waals surface area contributed by atoms with Gasteiger partial charge in [-0.25, -0.2) is 14.3 Å². The third kappa shape index (κ3) is 3.77. The van der Waals surface area contributed by atoms with Crippen molar-refractivity contribution in [1.82, 2.24) is 19.9 Å². The summed E-state index contributed by atoms with van der Waals surface area (Å²) in [5.41, 5.74) is 1.53. The molecule has 0 aromatic carbocycles. The summed E-state index contributed by atoms with van der Waals surface area (Å²) in [6.45, 7) is 9.28. The third-order valence-electron chi connectivity index (χ3n) is 4.01. The number of carbonyl (C=O) groups is 1. The number of nitrogens with zero attached hydrogens (tertiary/aromatic N) is 4. The van der Waals surface area contributed by atoms with Gasteiger partial charge in [-0.05, 0) is 46.6 Å². The zero-order chi connectivity index (χ0) is 17.3. The first-order valence-corrected chi connectivity index (χ1v) is 8.37. The summed E-state index contributed by atoms with van der Waals surface area (Å²) >= 11 is 0. The molecule has 1 amide bonds. The first-order chi connectivity index (χ1) is 11.3. The lowest BCUT2D eigenvalue weighted by Crippen LogP contribution is -2.46. The van der Waals surface area contributed by atoms with Gasteiger partial charge in [-0.15, -0.1) is 0 Å². The Morgan fingerprint density at radius 2 is 2.04 bits per heavy atom. The molecular formula is C17H25N5O2. The number of aryl methyl sites for hydroxylation is 1. The van der Waals surface area contributed by atoms with Crippen LogP contribution < -0.4 is 10.2 Å². The van der Waals surface area contributed by atoms with Gasteiger partial charge in [-0.3, -0.25) is 0 Å². The SMILES string of the molecule is Cc1cc2c(N3CCC(NC(=O)OC(C)(C)C)CC3)nccn2n1. The molecule has 7 nitrogen and oxygen atoms in total. The number of rotatable bonds is 2. The average molecular weight is 331 g/mol. The van der Waals surface area contributed by atoms with Crippen molar-refractivity contribution >= 4 is 17.4 Å². The summed E-state index contributed by atoms with van der Waals surface area (Å²) in [6.07, 6.45) is 5.04. The smallest absolute Gasteiger partial charge is 0.407 e. The number of hydrogen-bond acceptors (Lipinski definition) is 5. The molecule has 3 heterocycles. The van der Waals surface area contributed by atoms with Gasteiger partial charge in [0.15, 0.2) is 5.82 Å². The number of alkyl carbamates (subject to hydrolysis) is 1. The highest BCUT2D eigenvalue weighted by atomic mass is 16.6. The van der Waals surface area contributed by atoms with E-state index in [4.69, 9.17) is 4.74 Å². The molecule has 130 valence electrons. The van der Waals surface area contributed by atoms with E-state index in [-0.39, 0.29) is 12.1 Å². The highest BCUT2D eigenvalue weighted by Crippen LogP contribution is 2.23. The van der Waals surface area contributed by atoms with Crippen molar-refractivity contribution in [2.75, 3.05) is 18.0 Å². The summed E-state index contributed by atoms with van der Waals surface area (Å²) in [7, 11) is 0. The summed E-state index contributed by atoms with van der Waals surface area (Å²) in [5, 5.41) is 7.40. The zero-order valence-electron chi connectivity index (χ0n) is 14.7. The van der Waals surface area contributed by atoms with E-state index < -0.39 is 5.60 Å². The first kappa shape index (κ1) is 16.5. The van der Waals surface area contributed by atoms with Crippen LogP contribution in [0.15, 0.2) is 18.5 Å². The minimum absolute atomic E-state index is 0.141. The van der Waals surface area contributed by atoms with E-state index in [0.717, 1.165) is 43.0 Å². The molecule has 1 fully saturated rings. The van der Waals surface area contributed by atoms with E-state index >= 15 is 0 Å². The lowest BCUT2D eigenvalue weighted by molar-refractivity contribution is 0.0497. The van der Waals surface area contributed by atoms with E-state index in [9.17, 15) is 4.79 Å². The van der Waals surface area contributed by atoms with Crippen molar-refractivity contribution in [1.29, 1.82) is 0 Å². The van der Waals surface area contributed by atoms with Crippen molar-refractivity contribution in [3.05, 3.63) is 24.2 Å². The standard InChI is InChI=1S/C17H25N5O2/c1-12-11-14-15(18-7-10-22(14)20-12)21-8-5-13(6-9-21)19-16(23)24-17(2,3)4/h7,10-11,13H,5-6,8-9H2,1-4H3,(H,19,23). The van der Waals surface area contributed by atoms with Crippen molar-refractivity contribution < 1.29 is 9.53 Å². The Balaban J connectivity index is 1.61. The number of aromatic nitrogens is 3. The molecule has 0 spiro atoms. The largest absolute Gasteiger partial charge is 0.444 e. The Morgan fingerprint density at radius 3 is 2.71 bits per heavy atom. The molecule has 1 aliphatic heterocycles. The van der Waals surface area contributed by atoms with Crippen LogP contribution in [0.5, 0.6) is 0 Å². The van der Waals surface area contributed by atoms with E-state index in [1.165, 1.54) is 0 Å². The number of nitrogens with one attached hydrogen (secondary N) is 1. The maximum Gasteiger partial charge on any atom is 0.407 e. The Hall–Kier alpha value is -2.31. The highest BCUT2D eigenvalue weighted by molar-refractivity contribution is 5.70. The van der Waals surface area contributed by atoms with Crippen molar-refractivity contribution in [3.63, 3.8) is 0 Å². The van der Waals surface area contributed by atoms with Crippen molar-refractivity contribution in [3.8, 4) is 0 Å². The molecule has 0 atom stereocenters. The second-order valence-electron chi connectivity index (χ2n) is 7.27. The molecule has 0 aliphatic carbocycles. The Kier molecular flexibility index (Phi) is 4.34. The van der Waals surface area contributed by atoms with Crippen molar-refractivity contribution in [2.24, 2.45) is 0 Å². The monoisotopic (exact) mass is 331 g/mol. The molecule has 0 bridgehead atoms. The molecule has 24 heavy (non-hydrogen) atoms. The van der Waals surface area contributed by atoms with Crippen LogP contribution in [0.4, 0.5) is 10.6 Å². The van der Waals surface area contributed by atoms with E-state index in [2.05, 4.69) is 20.3 Å². The molecule has 2 aromatic rings. The topological polar surface area (TPSA) is 71.8 Å². The van der Waals surface area contributed by atoms with E-state index in [1.807, 2.05) is 44.5 Å². The molecule has 0 radical (unpaired) electrons. The zero-order valence-corrected chi connectivity index (χ0v) is 14.7. The molecule has 1 saturated heterocycles. The van der Waals surface area contributed by atoms with Crippen LogP contribution in [0.1, 0.15) is 39.3 Å².